The van der Waals surface area contributed by atoms with Crippen molar-refractivity contribution >= 4 is 17.8 Å². The van der Waals surface area contributed by atoms with Crippen molar-refractivity contribution in [3.63, 3.8) is 0 Å². The molecule has 23 heavy (non-hydrogen) atoms. The summed E-state index contributed by atoms with van der Waals surface area (Å²) in [4.78, 5) is 23.0. The molecule has 0 bridgehead atoms. The minimum absolute atomic E-state index is 0.357. The number of hydrogen-bond acceptors (Lipinski definition) is 4. The number of aliphatic hydroxyl groups is 2. The molecular formula is C15H16F3NO4. The van der Waals surface area contributed by atoms with Crippen molar-refractivity contribution in [2.24, 2.45) is 0 Å². The number of Topliss-reactive ketones (excluding diaryl/α,β-unsaturated/α-hetero) is 1. The molecular weight excluding hydrogens is 315 g/mol. The first kappa shape index (κ1) is 18.9. The molecule has 0 fully saturated rings. The maximum Gasteiger partial charge on any atom is 0.416 e. The summed E-state index contributed by atoms with van der Waals surface area (Å²) >= 11 is 0. The number of halogens is 3. The quantitative estimate of drug-likeness (QED) is 0.683. The SMILES string of the molecule is C[C@@H](O)[C@H](NC(=O)/C=C/c1ccc(C(F)(F)F)cc1)C(=O)CO. The van der Waals surface area contributed by atoms with E-state index in [1.165, 1.54) is 25.1 Å². The number of carbonyl (C=O) groups excluding carboxylic acids is 2. The van der Waals surface area contributed by atoms with E-state index in [1.54, 1.807) is 0 Å². The number of amides is 1. The van der Waals surface area contributed by atoms with E-state index in [9.17, 15) is 27.9 Å². The Kier molecular flexibility index (Phi) is 6.47. The lowest BCUT2D eigenvalue weighted by atomic mass is 10.1. The standard InChI is InChI=1S/C15H16F3NO4/c1-9(21)14(12(22)8-20)19-13(23)7-4-10-2-5-11(6-3-10)15(16,17)18/h2-7,9,14,20-21H,8H2,1H3,(H,19,23)/b7-4+/t9-,14+/m1/s1. The fraction of sp³-hybridized carbons (Fsp3) is 0.333. The van der Waals surface area contributed by atoms with Gasteiger partial charge in [-0.2, -0.15) is 13.2 Å². The van der Waals surface area contributed by atoms with Gasteiger partial charge in [0.15, 0.2) is 5.78 Å². The van der Waals surface area contributed by atoms with Crippen LogP contribution in [0.1, 0.15) is 18.1 Å². The first-order chi connectivity index (χ1) is 10.6. The predicted molar refractivity (Wildman–Crippen MR) is 76.2 cm³/mol. The highest BCUT2D eigenvalue weighted by atomic mass is 19.4. The zero-order valence-electron chi connectivity index (χ0n) is 12.2. The van der Waals surface area contributed by atoms with Gasteiger partial charge in [-0.25, -0.2) is 0 Å². The van der Waals surface area contributed by atoms with Gasteiger partial charge in [-0.15, -0.1) is 0 Å². The number of benzene rings is 1. The highest BCUT2D eigenvalue weighted by Crippen LogP contribution is 2.29. The smallest absolute Gasteiger partial charge is 0.391 e. The summed E-state index contributed by atoms with van der Waals surface area (Å²) in [5, 5.41) is 20.3. The zero-order valence-corrected chi connectivity index (χ0v) is 12.2. The zero-order chi connectivity index (χ0) is 17.6. The van der Waals surface area contributed by atoms with Crippen molar-refractivity contribution < 1.29 is 33.0 Å². The normalized spacial score (nSPS) is 14.5. The number of alkyl halides is 3. The monoisotopic (exact) mass is 331 g/mol. The minimum Gasteiger partial charge on any atom is -0.391 e. The summed E-state index contributed by atoms with van der Waals surface area (Å²) < 4.78 is 37.2. The Bertz CT molecular complexity index is 579. The van der Waals surface area contributed by atoms with E-state index in [-0.39, 0.29) is 0 Å². The highest BCUT2D eigenvalue weighted by molar-refractivity contribution is 5.96. The average Bonchev–Trinajstić information content (AvgIpc) is 2.49. The van der Waals surface area contributed by atoms with Crippen LogP contribution >= 0.6 is 0 Å². The van der Waals surface area contributed by atoms with Gasteiger partial charge in [-0.1, -0.05) is 12.1 Å². The molecule has 0 heterocycles. The highest BCUT2D eigenvalue weighted by Gasteiger charge is 2.29. The molecule has 8 heteroatoms. The summed E-state index contributed by atoms with van der Waals surface area (Å²) in [7, 11) is 0. The molecule has 2 atom stereocenters. The fourth-order valence-corrected chi connectivity index (χ4v) is 1.72. The molecule has 0 saturated carbocycles. The van der Waals surface area contributed by atoms with E-state index in [1.807, 2.05) is 0 Å². The summed E-state index contributed by atoms with van der Waals surface area (Å²) in [6.07, 6.45) is -3.35. The van der Waals surface area contributed by atoms with Crippen molar-refractivity contribution in [3.05, 3.63) is 41.5 Å². The molecule has 0 aromatic heterocycles. The molecule has 1 aromatic carbocycles. The Morgan fingerprint density at radius 2 is 1.83 bits per heavy atom. The third-order valence-electron chi connectivity index (χ3n) is 2.95. The van der Waals surface area contributed by atoms with Crippen LogP contribution in [0.3, 0.4) is 0 Å². The van der Waals surface area contributed by atoms with Gasteiger partial charge in [0.25, 0.3) is 0 Å². The largest absolute Gasteiger partial charge is 0.416 e. The van der Waals surface area contributed by atoms with Crippen molar-refractivity contribution in [2.45, 2.75) is 25.2 Å². The van der Waals surface area contributed by atoms with Gasteiger partial charge < -0.3 is 15.5 Å². The van der Waals surface area contributed by atoms with Crippen LogP contribution in [0.5, 0.6) is 0 Å². The average molecular weight is 331 g/mol. The van der Waals surface area contributed by atoms with Crippen LogP contribution in [0.4, 0.5) is 13.2 Å². The van der Waals surface area contributed by atoms with Crippen molar-refractivity contribution in [3.8, 4) is 0 Å². The minimum atomic E-state index is -4.44. The first-order valence-electron chi connectivity index (χ1n) is 6.62. The Labute approximate surface area is 130 Å². The lowest BCUT2D eigenvalue weighted by Crippen LogP contribution is -2.48. The molecule has 5 nitrogen and oxygen atoms in total. The molecule has 126 valence electrons. The van der Waals surface area contributed by atoms with E-state index in [0.717, 1.165) is 18.2 Å². The topological polar surface area (TPSA) is 86.6 Å². The lowest BCUT2D eigenvalue weighted by Gasteiger charge is -2.18. The van der Waals surface area contributed by atoms with Gasteiger partial charge >= 0.3 is 6.18 Å². The van der Waals surface area contributed by atoms with Crippen LogP contribution in [0, 0.1) is 0 Å². The number of hydrogen-bond donors (Lipinski definition) is 3. The molecule has 1 aromatic rings. The Balaban J connectivity index is 2.73. The first-order valence-corrected chi connectivity index (χ1v) is 6.62. The Morgan fingerprint density at radius 1 is 1.26 bits per heavy atom. The second-order valence-corrected chi connectivity index (χ2v) is 4.80. The van der Waals surface area contributed by atoms with Crippen molar-refractivity contribution in [2.75, 3.05) is 6.61 Å². The van der Waals surface area contributed by atoms with Crippen LogP contribution in [0.2, 0.25) is 0 Å². The molecule has 1 rings (SSSR count). The van der Waals surface area contributed by atoms with Gasteiger partial charge in [0.1, 0.15) is 12.6 Å². The number of aliphatic hydroxyl groups excluding tert-OH is 2. The van der Waals surface area contributed by atoms with Gasteiger partial charge in [0, 0.05) is 6.08 Å². The third-order valence-corrected chi connectivity index (χ3v) is 2.95. The number of rotatable bonds is 6. The number of carbonyl (C=O) groups is 2. The lowest BCUT2D eigenvalue weighted by molar-refractivity contribution is -0.137. The van der Waals surface area contributed by atoms with Gasteiger partial charge in [0.2, 0.25) is 5.91 Å². The maximum atomic E-state index is 12.4. The third kappa shape index (κ3) is 5.84. The number of nitrogens with one attached hydrogen (secondary N) is 1. The molecule has 0 aliphatic carbocycles. The second-order valence-electron chi connectivity index (χ2n) is 4.80. The summed E-state index contributed by atoms with van der Waals surface area (Å²) in [5.41, 5.74) is -0.447. The van der Waals surface area contributed by atoms with Crippen LogP contribution in [0.25, 0.3) is 6.08 Å². The maximum absolute atomic E-state index is 12.4. The molecule has 3 N–H and O–H groups in total. The van der Waals surface area contributed by atoms with Crippen LogP contribution in [-0.2, 0) is 15.8 Å². The van der Waals surface area contributed by atoms with Crippen molar-refractivity contribution in [1.29, 1.82) is 0 Å². The Hall–Kier alpha value is -2.19. The molecule has 0 radical (unpaired) electrons. The molecule has 0 aliphatic rings. The second kappa shape index (κ2) is 7.89. The summed E-state index contributed by atoms with van der Waals surface area (Å²) in [6, 6.07) is 2.89. The molecule has 0 spiro atoms. The van der Waals surface area contributed by atoms with E-state index < -0.39 is 42.2 Å². The van der Waals surface area contributed by atoms with E-state index in [0.29, 0.717) is 5.56 Å². The predicted octanol–water partition coefficient (Wildman–Crippen LogP) is 1.15. The van der Waals surface area contributed by atoms with Crippen molar-refractivity contribution in [1.82, 2.24) is 5.32 Å². The number of ketones is 1. The fourth-order valence-electron chi connectivity index (χ4n) is 1.72. The molecule has 0 saturated heterocycles. The van der Waals surface area contributed by atoms with E-state index >= 15 is 0 Å². The van der Waals surface area contributed by atoms with E-state index in [2.05, 4.69) is 5.32 Å². The van der Waals surface area contributed by atoms with Crippen LogP contribution < -0.4 is 5.32 Å². The van der Waals surface area contributed by atoms with Gasteiger partial charge in [0.05, 0.1) is 11.7 Å². The summed E-state index contributed by atoms with van der Waals surface area (Å²) in [6.45, 7) is 0.441. The molecule has 0 unspecified atom stereocenters. The van der Waals surface area contributed by atoms with Crippen LogP contribution in [0.15, 0.2) is 30.3 Å². The van der Waals surface area contributed by atoms with Gasteiger partial charge in [-0.05, 0) is 30.7 Å². The molecule has 1 amide bonds. The summed E-state index contributed by atoms with van der Waals surface area (Å²) in [5.74, 6) is -1.48. The Morgan fingerprint density at radius 3 is 2.26 bits per heavy atom. The van der Waals surface area contributed by atoms with E-state index in [4.69, 9.17) is 5.11 Å². The van der Waals surface area contributed by atoms with Gasteiger partial charge in [-0.3, -0.25) is 9.59 Å². The molecule has 0 aliphatic heterocycles. The van der Waals surface area contributed by atoms with Crippen LogP contribution in [-0.4, -0.2) is 40.7 Å².